The fourth-order valence-corrected chi connectivity index (χ4v) is 3.96. The zero-order valence-corrected chi connectivity index (χ0v) is 16.3. The number of aromatic amines is 1. The Morgan fingerprint density at radius 2 is 1.96 bits per heavy atom. The van der Waals surface area contributed by atoms with E-state index < -0.39 is 0 Å². The van der Waals surface area contributed by atoms with E-state index in [4.69, 9.17) is 16.3 Å². The van der Waals surface area contributed by atoms with Gasteiger partial charge in [-0.05, 0) is 77.9 Å². The molecule has 4 aromatic rings. The van der Waals surface area contributed by atoms with Crippen molar-refractivity contribution in [3.05, 3.63) is 76.4 Å². The number of rotatable bonds is 5. The van der Waals surface area contributed by atoms with Crippen LogP contribution in [0.25, 0.3) is 21.7 Å². The van der Waals surface area contributed by atoms with Crippen LogP contribution in [-0.2, 0) is 0 Å². The second-order valence-electron chi connectivity index (χ2n) is 7.60. The molecule has 0 bridgehead atoms. The second-order valence-corrected chi connectivity index (χ2v) is 8.04. The maximum atomic E-state index is 12.8. The van der Waals surface area contributed by atoms with Crippen LogP contribution in [0.3, 0.4) is 0 Å². The quantitative estimate of drug-likeness (QED) is 0.400. The fraction of sp³-hybridized carbons (Fsp3) is 0.208. The van der Waals surface area contributed by atoms with Crippen molar-refractivity contribution in [3.8, 4) is 5.75 Å². The maximum absolute atomic E-state index is 12.8. The van der Waals surface area contributed by atoms with Crippen molar-refractivity contribution in [3.63, 3.8) is 0 Å². The molecule has 0 aliphatic heterocycles. The van der Waals surface area contributed by atoms with E-state index in [0.29, 0.717) is 16.5 Å². The van der Waals surface area contributed by atoms with Crippen molar-refractivity contribution < 1.29 is 9.53 Å². The van der Waals surface area contributed by atoms with Gasteiger partial charge in [-0.3, -0.25) is 4.79 Å². The molecule has 0 amide bonds. The number of carbonyl (C=O) groups excluding carboxylic acids is 1. The first kappa shape index (κ1) is 17.3. The third-order valence-electron chi connectivity index (χ3n) is 5.51. The average Bonchev–Trinajstić information content (AvgIpc) is 3.45. The Labute approximate surface area is 168 Å². The van der Waals surface area contributed by atoms with Crippen LogP contribution in [0.5, 0.6) is 5.75 Å². The smallest absolute Gasteiger partial charge is 0.202 e. The van der Waals surface area contributed by atoms with Crippen LogP contribution in [0.1, 0.15) is 40.2 Å². The lowest BCUT2D eigenvalue weighted by molar-refractivity contribution is 0.0923. The Morgan fingerprint density at radius 1 is 1.11 bits per heavy atom. The van der Waals surface area contributed by atoms with Gasteiger partial charge in [0.1, 0.15) is 5.75 Å². The highest BCUT2D eigenvalue weighted by atomic mass is 35.5. The van der Waals surface area contributed by atoms with Crippen LogP contribution in [0, 0.1) is 6.92 Å². The SMILES string of the molecule is Cc1cc2cc(Cl)ccc2cc1OCC(=O)c1c[nH]c2cc(C3CC3)ccc12. The van der Waals surface area contributed by atoms with Gasteiger partial charge in [-0.25, -0.2) is 0 Å². The molecule has 1 aromatic heterocycles. The lowest BCUT2D eigenvalue weighted by atomic mass is 10.1. The van der Waals surface area contributed by atoms with Crippen molar-refractivity contribution in [1.29, 1.82) is 0 Å². The first-order valence-electron chi connectivity index (χ1n) is 9.55. The summed E-state index contributed by atoms with van der Waals surface area (Å²) < 4.78 is 5.89. The predicted octanol–water partition coefficient (Wildman–Crippen LogP) is 6.42. The lowest BCUT2D eigenvalue weighted by Crippen LogP contribution is -2.11. The number of H-pyrrole nitrogens is 1. The summed E-state index contributed by atoms with van der Waals surface area (Å²) in [5.41, 5.74) is 4.04. The van der Waals surface area contributed by atoms with E-state index in [1.165, 1.54) is 18.4 Å². The van der Waals surface area contributed by atoms with E-state index in [1.54, 1.807) is 6.20 Å². The van der Waals surface area contributed by atoms with Gasteiger partial charge in [-0.2, -0.15) is 0 Å². The highest BCUT2D eigenvalue weighted by molar-refractivity contribution is 6.31. The van der Waals surface area contributed by atoms with Gasteiger partial charge >= 0.3 is 0 Å². The molecule has 3 aromatic carbocycles. The van der Waals surface area contributed by atoms with Gasteiger partial charge in [-0.1, -0.05) is 29.8 Å². The summed E-state index contributed by atoms with van der Waals surface area (Å²) in [4.78, 5) is 16.0. The molecule has 28 heavy (non-hydrogen) atoms. The summed E-state index contributed by atoms with van der Waals surface area (Å²) in [6.45, 7) is 1.99. The highest BCUT2D eigenvalue weighted by Gasteiger charge is 2.24. The maximum Gasteiger partial charge on any atom is 0.202 e. The molecular formula is C24H20ClNO2. The zero-order chi connectivity index (χ0) is 19.3. The number of nitrogens with one attached hydrogen (secondary N) is 1. The number of halogens is 1. The van der Waals surface area contributed by atoms with E-state index in [1.807, 2.05) is 37.3 Å². The molecule has 1 fully saturated rings. The molecule has 140 valence electrons. The van der Waals surface area contributed by atoms with Gasteiger partial charge in [0, 0.05) is 27.7 Å². The molecule has 0 unspecified atom stereocenters. The molecule has 0 saturated heterocycles. The van der Waals surface area contributed by atoms with Crippen molar-refractivity contribution in [2.75, 3.05) is 6.61 Å². The van der Waals surface area contributed by atoms with E-state index in [9.17, 15) is 4.79 Å². The molecule has 1 aliphatic carbocycles. The Morgan fingerprint density at radius 3 is 2.79 bits per heavy atom. The molecule has 1 saturated carbocycles. The first-order chi connectivity index (χ1) is 13.6. The number of benzene rings is 3. The zero-order valence-electron chi connectivity index (χ0n) is 15.6. The molecule has 5 rings (SSSR count). The van der Waals surface area contributed by atoms with Crippen LogP contribution in [0.4, 0.5) is 0 Å². The van der Waals surface area contributed by atoms with E-state index >= 15 is 0 Å². The molecular weight excluding hydrogens is 370 g/mol. The number of Topliss-reactive ketones (excluding diaryl/α,β-unsaturated/α-hetero) is 1. The van der Waals surface area contributed by atoms with Crippen LogP contribution in [0.15, 0.2) is 54.7 Å². The molecule has 0 spiro atoms. The predicted molar refractivity (Wildman–Crippen MR) is 114 cm³/mol. The Balaban J connectivity index is 1.37. The minimum atomic E-state index is -0.0268. The standard InChI is InChI=1S/C24H20ClNO2/c1-14-8-18-9-19(25)6-4-17(18)11-24(14)28-13-23(27)21-12-26-22-10-16(15-2-3-15)5-7-20(21)22/h4-12,15,26H,2-3,13H2,1H3. The number of aryl methyl sites for hydroxylation is 1. The highest BCUT2D eigenvalue weighted by Crippen LogP contribution is 2.41. The minimum absolute atomic E-state index is 0.0112. The molecule has 1 heterocycles. The van der Waals surface area contributed by atoms with Crippen molar-refractivity contribution in [1.82, 2.24) is 4.98 Å². The summed E-state index contributed by atoms with van der Waals surface area (Å²) in [6.07, 6.45) is 4.33. The van der Waals surface area contributed by atoms with Gasteiger partial charge in [0.2, 0.25) is 5.78 Å². The average molecular weight is 390 g/mol. The summed E-state index contributed by atoms with van der Waals surface area (Å²) in [5, 5.41) is 3.77. The van der Waals surface area contributed by atoms with Gasteiger partial charge in [0.25, 0.3) is 0 Å². The lowest BCUT2D eigenvalue weighted by Gasteiger charge is -2.10. The van der Waals surface area contributed by atoms with E-state index in [0.717, 1.165) is 33.0 Å². The Bertz CT molecular complexity index is 1220. The third kappa shape index (κ3) is 3.16. The Hall–Kier alpha value is -2.78. The fourth-order valence-electron chi connectivity index (χ4n) is 3.78. The number of hydrogen-bond donors (Lipinski definition) is 1. The number of carbonyl (C=O) groups is 1. The van der Waals surface area contributed by atoms with Gasteiger partial charge in [0.05, 0.1) is 0 Å². The summed E-state index contributed by atoms with van der Waals surface area (Å²) in [7, 11) is 0. The summed E-state index contributed by atoms with van der Waals surface area (Å²) in [5.74, 6) is 1.39. The summed E-state index contributed by atoms with van der Waals surface area (Å²) >= 11 is 6.07. The summed E-state index contributed by atoms with van der Waals surface area (Å²) in [6, 6.07) is 16.1. The van der Waals surface area contributed by atoms with Gasteiger partial charge < -0.3 is 9.72 Å². The molecule has 4 heteroatoms. The topological polar surface area (TPSA) is 42.1 Å². The number of ketones is 1. The van der Waals surface area contributed by atoms with Crippen LogP contribution in [0.2, 0.25) is 5.02 Å². The first-order valence-corrected chi connectivity index (χ1v) is 9.93. The van der Waals surface area contributed by atoms with Crippen molar-refractivity contribution in [2.45, 2.75) is 25.7 Å². The molecule has 3 nitrogen and oxygen atoms in total. The third-order valence-corrected chi connectivity index (χ3v) is 5.74. The van der Waals surface area contributed by atoms with Gasteiger partial charge in [-0.15, -0.1) is 0 Å². The molecule has 1 N–H and O–H groups in total. The van der Waals surface area contributed by atoms with Crippen LogP contribution in [-0.4, -0.2) is 17.4 Å². The monoisotopic (exact) mass is 389 g/mol. The van der Waals surface area contributed by atoms with Crippen molar-refractivity contribution in [2.24, 2.45) is 0 Å². The number of aromatic nitrogens is 1. The van der Waals surface area contributed by atoms with Crippen LogP contribution >= 0.6 is 11.6 Å². The molecule has 0 radical (unpaired) electrons. The number of hydrogen-bond acceptors (Lipinski definition) is 2. The minimum Gasteiger partial charge on any atom is -0.485 e. The largest absolute Gasteiger partial charge is 0.485 e. The normalized spacial score (nSPS) is 13.9. The van der Waals surface area contributed by atoms with Crippen LogP contribution < -0.4 is 4.74 Å². The number of ether oxygens (including phenoxy) is 1. The van der Waals surface area contributed by atoms with Crippen molar-refractivity contribution >= 4 is 39.1 Å². The Kier molecular flexibility index (Phi) is 4.13. The molecule has 1 aliphatic rings. The van der Waals surface area contributed by atoms with E-state index in [2.05, 4.69) is 23.2 Å². The van der Waals surface area contributed by atoms with Gasteiger partial charge in [0.15, 0.2) is 6.61 Å². The molecule has 0 atom stereocenters. The second kappa shape index (κ2) is 6.68. The van der Waals surface area contributed by atoms with E-state index in [-0.39, 0.29) is 12.4 Å². The number of fused-ring (bicyclic) bond motifs is 2.